The van der Waals surface area contributed by atoms with Crippen LogP contribution >= 0.6 is 0 Å². The van der Waals surface area contributed by atoms with Crippen LogP contribution in [-0.2, 0) is 9.84 Å². The first-order valence-corrected chi connectivity index (χ1v) is 3.99. The fourth-order valence-corrected chi connectivity index (χ4v) is 0. The van der Waals surface area contributed by atoms with Gasteiger partial charge in [-0.3, -0.25) is 0 Å². The average Bonchev–Trinajstić information content (AvgIpc) is 1.63. The lowest BCUT2D eigenvalue weighted by atomic mass is 11.3. The van der Waals surface area contributed by atoms with Gasteiger partial charge in [0, 0.05) is 11.7 Å². The van der Waals surface area contributed by atoms with Crippen LogP contribution in [0.2, 0.25) is 0 Å². The molecule has 0 radical (unpaired) electrons. The van der Waals surface area contributed by atoms with Crippen molar-refractivity contribution in [3.63, 3.8) is 0 Å². The first-order chi connectivity index (χ1) is 4.29. The van der Waals surface area contributed by atoms with Gasteiger partial charge in [-0.1, -0.05) is 6.58 Å². The molecule has 60 valence electrons. The molecule has 0 rings (SSSR count). The third-order valence-electron chi connectivity index (χ3n) is 0.303. The minimum absolute atomic E-state index is 0.910. The minimum Gasteiger partial charge on any atom is -0.450 e. The summed E-state index contributed by atoms with van der Waals surface area (Å²) in [4.78, 5) is 8.56. The van der Waals surface area contributed by atoms with Gasteiger partial charge >= 0.3 is 6.16 Å². The Morgan fingerprint density at radius 3 is 1.60 bits per heavy atom. The lowest BCUT2D eigenvalue weighted by molar-refractivity contribution is 0.137. The van der Waals surface area contributed by atoms with Crippen molar-refractivity contribution in [2.45, 2.75) is 0 Å². The van der Waals surface area contributed by atoms with Crippen LogP contribution in [-0.4, -0.2) is 31.0 Å². The summed E-state index contributed by atoms with van der Waals surface area (Å²) >= 11 is 0. The molecule has 2 N–H and O–H groups in total. The van der Waals surface area contributed by atoms with E-state index in [1.54, 1.807) is 0 Å². The van der Waals surface area contributed by atoms with E-state index in [9.17, 15) is 8.42 Å². The van der Waals surface area contributed by atoms with Crippen LogP contribution in [0.3, 0.4) is 0 Å². The van der Waals surface area contributed by atoms with E-state index in [-0.39, 0.29) is 0 Å². The zero-order valence-corrected chi connectivity index (χ0v) is 6.13. The Balaban J connectivity index is 0. The molecule has 0 aliphatic carbocycles. The minimum atomic E-state index is -2.90. The standard InChI is InChI=1S/C3H6O2S.CH2O3/c1-3-6(2,4)5;2-1(3)4/h3H,1H2,2H3;(H2,2,3,4). The molecule has 0 heterocycles. The Bertz CT molecular complexity index is 186. The van der Waals surface area contributed by atoms with Gasteiger partial charge < -0.3 is 10.2 Å². The zero-order valence-electron chi connectivity index (χ0n) is 5.31. The van der Waals surface area contributed by atoms with Crippen LogP contribution < -0.4 is 0 Å². The maximum atomic E-state index is 9.88. The van der Waals surface area contributed by atoms with Gasteiger partial charge in [0.15, 0.2) is 9.84 Å². The maximum absolute atomic E-state index is 9.88. The molecule has 0 aromatic carbocycles. The van der Waals surface area contributed by atoms with Crippen molar-refractivity contribution in [2.24, 2.45) is 0 Å². The second-order valence-electron chi connectivity index (χ2n) is 1.28. The highest BCUT2D eigenvalue weighted by Gasteiger charge is 1.85. The molecule has 0 aromatic heterocycles. The van der Waals surface area contributed by atoms with Crippen LogP contribution in [0, 0.1) is 0 Å². The lowest BCUT2D eigenvalue weighted by Crippen LogP contribution is -1.84. The molecule has 0 atom stereocenters. The summed E-state index contributed by atoms with van der Waals surface area (Å²) in [5, 5.41) is 14.9. The predicted octanol–water partition coefficient (Wildman–Crippen LogP) is 0.397. The van der Waals surface area contributed by atoms with Gasteiger partial charge in [-0.15, -0.1) is 0 Å². The Hall–Kier alpha value is -1.04. The van der Waals surface area contributed by atoms with Crippen LogP contribution in [0.4, 0.5) is 4.79 Å². The van der Waals surface area contributed by atoms with E-state index in [0.717, 1.165) is 11.7 Å². The zero-order chi connectivity index (χ0) is 8.78. The Morgan fingerprint density at radius 2 is 1.60 bits per heavy atom. The molecule has 0 saturated heterocycles. The van der Waals surface area contributed by atoms with Crippen LogP contribution in [0.1, 0.15) is 0 Å². The number of carbonyl (C=O) groups is 1. The van der Waals surface area contributed by atoms with Gasteiger partial charge in [0.25, 0.3) is 0 Å². The Morgan fingerprint density at radius 1 is 1.50 bits per heavy atom. The summed E-state index contributed by atoms with van der Waals surface area (Å²) in [6, 6.07) is 0. The quantitative estimate of drug-likeness (QED) is 0.591. The summed E-state index contributed by atoms with van der Waals surface area (Å²) in [5.74, 6) is 0. The number of carboxylic acid groups (broad SMARTS) is 2. The van der Waals surface area contributed by atoms with Gasteiger partial charge in [-0.05, 0) is 0 Å². The molecular formula is C4H8O5S. The SMILES string of the molecule is C=CS(C)(=O)=O.O=C(O)O. The van der Waals surface area contributed by atoms with Crippen molar-refractivity contribution in [3.05, 3.63) is 12.0 Å². The highest BCUT2D eigenvalue weighted by Crippen LogP contribution is 1.76. The highest BCUT2D eigenvalue weighted by atomic mass is 32.2. The van der Waals surface area contributed by atoms with E-state index in [4.69, 9.17) is 15.0 Å². The normalized spacial score (nSPS) is 8.90. The van der Waals surface area contributed by atoms with Crippen LogP contribution in [0.5, 0.6) is 0 Å². The number of sulfone groups is 1. The summed E-state index contributed by atoms with van der Waals surface area (Å²) < 4.78 is 19.8. The molecule has 0 aliphatic heterocycles. The third-order valence-corrected chi connectivity index (χ3v) is 0.908. The highest BCUT2D eigenvalue weighted by molar-refractivity contribution is 7.93. The van der Waals surface area contributed by atoms with Crippen LogP contribution in [0.25, 0.3) is 0 Å². The van der Waals surface area contributed by atoms with Crippen molar-refractivity contribution >= 4 is 16.0 Å². The topological polar surface area (TPSA) is 91.7 Å². The second-order valence-corrected chi connectivity index (χ2v) is 3.27. The van der Waals surface area contributed by atoms with Gasteiger partial charge in [-0.25, -0.2) is 13.2 Å². The van der Waals surface area contributed by atoms with Crippen molar-refractivity contribution in [2.75, 3.05) is 6.26 Å². The summed E-state index contributed by atoms with van der Waals surface area (Å²) in [7, 11) is -2.90. The number of hydrogen-bond acceptors (Lipinski definition) is 3. The monoisotopic (exact) mass is 168 g/mol. The maximum Gasteiger partial charge on any atom is 0.503 e. The van der Waals surface area contributed by atoms with E-state index in [1.165, 1.54) is 0 Å². The summed E-state index contributed by atoms with van der Waals surface area (Å²) in [6.45, 7) is 3.04. The van der Waals surface area contributed by atoms with Gasteiger partial charge in [0.2, 0.25) is 0 Å². The first-order valence-electron chi connectivity index (χ1n) is 2.04. The molecule has 0 saturated carbocycles. The number of hydrogen-bond donors (Lipinski definition) is 2. The molecule has 0 fully saturated rings. The van der Waals surface area contributed by atoms with E-state index < -0.39 is 16.0 Å². The first kappa shape index (κ1) is 11.7. The van der Waals surface area contributed by atoms with Crippen molar-refractivity contribution < 1.29 is 23.4 Å². The molecule has 0 aromatic rings. The molecule has 5 nitrogen and oxygen atoms in total. The molecule has 0 spiro atoms. The molecule has 10 heavy (non-hydrogen) atoms. The molecular weight excluding hydrogens is 160 g/mol. The van der Waals surface area contributed by atoms with Crippen molar-refractivity contribution in [3.8, 4) is 0 Å². The summed E-state index contributed by atoms with van der Waals surface area (Å²) in [5.41, 5.74) is 0. The fraction of sp³-hybridized carbons (Fsp3) is 0.250. The van der Waals surface area contributed by atoms with Crippen molar-refractivity contribution in [1.29, 1.82) is 0 Å². The fourth-order valence-electron chi connectivity index (χ4n) is 0. The van der Waals surface area contributed by atoms with Gasteiger partial charge in [-0.2, -0.15) is 0 Å². The molecule has 0 amide bonds. The smallest absolute Gasteiger partial charge is 0.450 e. The lowest BCUT2D eigenvalue weighted by Gasteiger charge is -1.74. The molecule has 0 aliphatic rings. The van der Waals surface area contributed by atoms with E-state index >= 15 is 0 Å². The Kier molecular flexibility index (Phi) is 5.63. The molecule has 6 heteroatoms. The third kappa shape index (κ3) is 64.4. The van der Waals surface area contributed by atoms with Crippen molar-refractivity contribution in [1.82, 2.24) is 0 Å². The Labute approximate surface area is 58.5 Å². The molecule has 0 unspecified atom stereocenters. The van der Waals surface area contributed by atoms with E-state index in [2.05, 4.69) is 6.58 Å². The number of rotatable bonds is 1. The van der Waals surface area contributed by atoms with E-state index in [1.807, 2.05) is 0 Å². The largest absolute Gasteiger partial charge is 0.503 e. The van der Waals surface area contributed by atoms with E-state index in [0.29, 0.717) is 0 Å². The second kappa shape index (κ2) is 4.80. The molecule has 0 bridgehead atoms. The summed E-state index contributed by atoms with van der Waals surface area (Å²) in [6.07, 6.45) is -0.736. The van der Waals surface area contributed by atoms with Gasteiger partial charge in [0.05, 0.1) is 0 Å². The van der Waals surface area contributed by atoms with Crippen LogP contribution in [0.15, 0.2) is 12.0 Å². The van der Waals surface area contributed by atoms with Gasteiger partial charge in [0.1, 0.15) is 0 Å². The average molecular weight is 168 g/mol. The predicted molar refractivity (Wildman–Crippen MR) is 35.7 cm³/mol.